The number of carbonyl (C=O) groups excluding carboxylic acids is 1. The van der Waals surface area contributed by atoms with Gasteiger partial charge in [-0.15, -0.1) is 0 Å². The van der Waals surface area contributed by atoms with Crippen molar-refractivity contribution < 1.29 is 13.9 Å². The first-order chi connectivity index (χ1) is 11.1. The Kier molecular flexibility index (Phi) is 3.93. The standard InChI is InChI=1S/C18H26N2O3/c1-12-7-15(13(2)23-12)18(21)20-9-16-14(11-22-17(16)10-20)8-19-5-3-4-6-19/h7,14,16-17H,3-6,8-11H2,1-2H3/t14-,16-,17-/m1/s1. The van der Waals surface area contributed by atoms with Gasteiger partial charge in [-0.05, 0) is 45.8 Å². The molecule has 0 radical (unpaired) electrons. The number of fused-ring (bicyclic) bond motifs is 1. The lowest BCUT2D eigenvalue weighted by molar-refractivity contribution is 0.0667. The summed E-state index contributed by atoms with van der Waals surface area (Å²) in [5.74, 6) is 2.68. The van der Waals surface area contributed by atoms with Gasteiger partial charge in [-0.2, -0.15) is 0 Å². The number of amides is 1. The lowest BCUT2D eigenvalue weighted by Gasteiger charge is -2.24. The second-order valence-corrected chi connectivity index (χ2v) is 7.34. The molecule has 0 spiro atoms. The maximum atomic E-state index is 12.8. The quantitative estimate of drug-likeness (QED) is 0.856. The second kappa shape index (κ2) is 5.95. The molecular formula is C18H26N2O3. The van der Waals surface area contributed by atoms with Crippen molar-refractivity contribution >= 4 is 5.91 Å². The van der Waals surface area contributed by atoms with Crippen molar-refractivity contribution in [2.75, 3.05) is 39.3 Å². The van der Waals surface area contributed by atoms with Crippen LogP contribution < -0.4 is 0 Å². The summed E-state index contributed by atoms with van der Waals surface area (Å²) in [6.07, 6.45) is 2.87. The lowest BCUT2D eigenvalue weighted by Crippen LogP contribution is -2.34. The number of furan rings is 1. The van der Waals surface area contributed by atoms with Crippen molar-refractivity contribution in [1.29, 1.82) is 0 Å². The van der Waals surface area contributed by atoms with E-state index in [9.17, 15) is 4.79 Å². The van der Waals surface area contributed by atoms with Crippen LogP contribution in [0.25, 0.3) is 0 Å². The molecule has 23 heavy (non-hydrogen) atoms. The third-order valence-electron chi connectivity index (χ3n) is 5.69. The van der Waals surface area contributed by atoms with E-state index in [-0.39, 0.29) is 12.0 Å². The summed E-state index contributed by atoms with van der Waals surface area (Å²) in [4.78, 5) is 17.3. The van der Waals surface area contributed by atoms with Crippen molar-refractivity contribution in [1.82, 2.24) is 9.80 Å². The first kappa shape index (κ1) is 15.2. The van der Waals surface area contributed by atoms with Crippen LogP contribution in [0.1, 0.15) is 34.7 Å². The van der Waals surface area contributed by atoms with E-state index in [1.807, 2.05) is 24.8 Å². The van der Waals surface area contributed by atoms with Crippen LogP contribution in [0.3, 0.4) is 0 Å². The van der Waals surface area contributed by atoms with E-state index in [0.717, 1.165) is 37.8 Å². The normalized spacial score (nSPS) is 31.0. The average molecular weight is 318 g/mol. The molecule has 0 aromatic carbocycles. The highest BCUT2D eigenvalue weighted by Gasteiger charge is 2.46. The molecule has 0 unspecified atom stereocenters. The Balaban J connectivity index is 1.42. The SMILES string of the molecule is Cc1cc(C(=O)N2C[C@@H]3[C@H](CN4CCCC4)CO[C@@H]3C2)c(C)o1. The number of nitrogens with zero attached hydrogens (tertiary/aromatic N) is 2. The van der Waals surface area contributed by atoms with Crippen LogP contribution in [0.15, 0.2) is 10.5 Å². The predicted octanol–water partition coefficient (Wildman–Crippen LogP) is 2.08. The highest BCUT2D eigenvalue weighted by atomic mass is 16.5. The minimum atomic E-state index is 0.0947. The fourth-order valence-electron chi connectivity index (χ4n) is 4.46. The Morgan fingerprint density at radius 2 is 2.04 bits per heavy atom. The van der Waals surface area contributed by atoms with E-state index in [1.165, 1.54) is 25.9 Å². The molecule has 0 bridgehead atoms. The fourth-order valence-corrected chi connectivity index (χ4v) is 4.46. The van der Waals surface area contributed by atoms with Gasteiger partial charge in [-0.25, -0.2) is 0 Å². The largest absolute Gasteiger partial charge is 0.466 e. The van der Waals surface area contributed by atoms with Gasteiger partial charge in [0.2, 0.25) is 0 Å². The fraction of sp³-hybridized carbons (Fsp3) is 0.722. The van der Waals surface area contributed by atoms with Gasteiger partial charge in [0, 0.05) is 31.5 Å². The predicted molar refractivity (Wildman–Crippen MR) is 86.5 cm³/mol. The van der Waals surface area contributed by atoms with Gasteiger partial charge < -0.3 is 19.0 Å². The Morgan fingerprint density at radius 1 is 1.26 bits per heavy atom. The topological polar surface area (TPSA) is 45.9 Å². The van der Waals surface area contributed by atoms with Crippen LogP contribution in [-0.4, -0.2) is 61.1 Å². The van der Waals surface area contributed by atoms with Crippen molar-refractivity contribution in [3.05, 3.63) is 23.2 Å². The summed E-state index contributed by atoms with van der Waals surface area (Å²) in [5.41, 5.74) is 0.707. The second-order valence-electron chi connectivity index (χ2n) is 7.34. The number of likely N-dealkylation sites (tertiary alicyclic amines) is 2. The third kappa shape index (κ3) is 2.81. The molecule has 5 heteroatoms. The van der Waals surface area contributed by atoms with Crippen LogP contribution in [-0.2, 0) is 4.74 Å². The van der Waals surface area contributed by atoms with E-state index in [1.54, 1.807) is 0 Å². The van der Waals surface area contributed by atoms with Gasteiger partial charge in [-0.1, -0.05) is 0 Å². The number of ether oxygens (including phenoxy) is 1. The third-order valence-corrected chi connectivity index (χ3v) is 5.69. The Labute approximate surface area is 137 Å². The molecule has 126 valence electrons. The molecule has 3 fully saturated rings. The molecule has 0 N–H and O–H groups in total. The molecule has 0 saturated carbocycles. The molecule has 5 nitrogen and oxygen atoms in total. The molecule has 3 saturated heterocycles. The highest BCUT2D eigenvalue weighted by Crippen LogP contribution is 2.35. The molecule has 3 atom stereocenters. The summed E-state index contributed by atoms with van der Waals surface area (Å²) in [7, 11) is 0. The number of hydrogen-bond donors (Lipinski definition) is 0. The van der Waals surface area contributed by atoms with E-state index >= 15 is 0 Å². The molecule has 4 rings (SSSR count). The number of rotatable bonds is 3. The van der Waals surface area contributed by atoms with Crippen molar-refractivity contribution in [3.63, 3.8) is 0 Å². The summed E-state index contributed by atoms with van der Waals surface area (Å²) in [5, 5.41) is 0. The number of hydrogen-bond acceptors (Lipinski definition) is 4. The average Bonchev–Trinajstić information content (AvgIpc) is 3.25. The molecule has 3 aliphatic rings. The Bertz CT molecular complexity index is 591. The van der Waals surface area contributed by atoms with Crippen LogP contribution in [0.4, 0.5) is 0 Å². The van der Waals surface area contributed by atoms with Crippen molar-refractivity contribution in [2.24, 2.45) is 11.8 Å². The minimum absolute atomic E-state index is 0.0947. The van der Waals surface area contributed by atoms with E-state index in [4.69, 9.17) is 9.15 Å². The van der Waals surface area contributed by atoms with Gasteiger partial charge in [0.05, 0.1) is 18.3 Å². The maximum absolute atomic E-state index is 12.8. The van der Waals surface area contributed by atoms with Gasteiger partial charge in [-0.3, -0.25) is 4.79 Å². The molecule has 3 aliphatic heterocycles. The zero-order valence-corrected chi connectivity index (χ0v) is 14.1. The zero-order chi connectivity index (χ0) is 16.0. The Hall–Kier alpha value is -1.33. The van der Waals surface area contributed by atoms with Crippen LogP contribution in [0, 0.1) is 25.7 Å². The van der Waals surface area contributed by atoms with Crippen molar-refractivity contribution in [2.45, 2.75) is 32.8 Å². The summed E-state index contributed by atoms with van der Waals surface area (Å²) in [6, 6.07) is 1.86. The van der Waals surface area contributed by atoms with Gasteiger partial charge in [0.1, 0.15) is 11.5 Å². The number of aryl methyl sites for hydroxylation is 2. The molecule has 0 aliphatic carbocycles. The first-order valence-corrected chi connectivity index (χ1v) is 8.82. The van der Waals surface area contributed by atoms with E-state index in [0.29, 0.717) is 17.4 Å². The molecule has 1 aromatic heterocycles. The zero-order valence-electron chi connectivity index (χ0n) is 14.1. The molecule has 1 aromatic rings. The monoisotopic (exact) mass is 318 g/mol. The summed E-state index contributed by atoms with van der Waals surface area (Å²) < 4.78 is 11.5. The minimum Gasteiger partial charge on any atom is -0.466 e. The number of carbonyl (C=O) groups is 1. The molecule has 1 amide bonds. The summed E-state index contributed by atoms with van der Waals surface area (Å²) in [6.45, 7) is 9.75. The molecular weight excluding hydrogens is 292 g/mol. The van der Waals surface area contributed by atoms with Crippen molar-refractivity contribution in [3.8, 4) is 0 Å². The van der Waals surface area contributed by atoms with E-state index in [2.05, 4.69) is 4.90 Å². The highest BCUT2D eigenvalue weighted by molar-refractivity contribution is 5.95. The smallest absolute Gasteiger partial charge is 0.257 e. The van der Waals surface area contributed by atoms with Crippen LogP contribution in [0.5, 0.6) is 0 Å². The summed E-state index contributed by atoms with van der Waals surface area (Å²) >= 11 is 0. The van der Waals surface area contributed by atoms with E-state index < -0.39 is 0 Å². The van der Waals surface area contributed by atoms with Gasteiger partial charge >= 0.3 is 0 Å². The Morgan fingerprint density at radius 3 is 2.74 bits per heavy atom. The molecule has 4 heterocycles. The van der Waals surface area contributed by atoms with Gasteiger partial charge in [0.25, 0.3) is 5.91 Å². The van der Waals surface area contributed by atoms with Crippen LogP contribution >= 0.6 is 0 Å². The lowest BCUT2D eigenvalue weighted by atomic mass is 9.93. The van der Waals surface area contributed by atoms with Gasteiger partial charge in [0.15, 0.2) is 0 Å². The van der Waals surface area contributed by atoms with Crippen LogP contribution in [0.2, 0.25) is 0 Å². The first-order valence-electron chi connectivity index (χ1n) is 8.82. The maximum Gasteiger partial charge on any atom is 0.257 e.